The summed E-state index contributed by atoms with van der Waals surface area (Å²) < 4.78 is 23.1. The van der Waals surface area contributed by atoms with Gasteiger partial charge in [-0.25, -0.2) is 13.4 Å². The van der Waals surface area contributed by atoms with Gasteiger partial charge in [-0.15, -0.1) is 0 Å². The molecule has 0 saturated carbocycles. The first-order chi connectivity index (χ1) is 10.8. The number of aryl methyl sites for hydroxylation is 1. The van der Waals surface area contributed by atoms with Crippen LogP contribution in [0.25, 0.3) is 0 Å². The Morgan fingerprint density at radius 3 is 2.39 bits per heavy atom. The number of hydrogen-bond acceptors (Lipinski definition) is 6. The molecule has 0 atom stereocenters. The zero-order chi connectivity index (χ0) is 17.0. The topological polar surface area (TPSA) is 102 Å². The summed E-state index contributed by atoms with van der Waals surface area (Å²) in [5.41, 5.74) is 1.98. The number of nitrogens with one attached hydrogen (secondary N) is 1. The highest BCUT2D eigenvalue weighted by molar-refractivity contribution is 7.90. The second kappa shape index (κ2) is 6.74. The largest absolute Gasteiger partial charge is 0.364 e. The highest BCUT2D eigenvalue weighted by Crippen LogP contribution is 2.23. The van der Waals surface area contributed by atoms with E-state index in [-0.39, 0.29) is 16.5 Å². The Kier molecular flexibility index (Phi) is 4.95. The van der Waals surface area contributed by atoms with Crippen LogP contribution in [0.4, 0.5) is 11.5 Å². The van der Waals surface area contributed by atoms with Crippen LogP contribution in [0, 0.1) is 17.0 Å². The first-order valence-electron chi connectivity index (χ1n) is 6.92. The summed E-state index contributed by atoms with van der Waals surface area (Å²) in [4.78, 5) is 14.3. The van der Waals surface area contributed by atoms with Crippen LogP contribution in [-0.4, -0.2) is 31.1 Å². The SMILES string of the molecule is Cc1ccc(CCNc2nc(S(C)(=O)=O)ccc2[N+](=O)[O-])cc1. The molecule has 0 amide bonds. The minimum Gasteiger partial charge on any atom is -0.364 e. The molecule has 2 aromatic rings. The van der Waals surface area contributed by atoms with E-state index in [9.17, 15) is 18.5 Å². The van der Waals surface area contributed by atoms with Gasteiger partial charge in [-0.3, -0.25) is 10.1 Å². The van der Waals surface area contributed by atoms with Crippen LogP contribution in [0.15, 0.2) is 41.4 Å². The Labute approximate surface area is 134 Å². The molecule has 0 aliphatic heterocycles. The molecule has 0 saturated heterocycles. The van der Waals surface area contributed by atoms with Crippen LogP contribution in [0.5, 0.6) is 0 Å². The molecular formula is C15H17N3O4S. The molecule has 7 nitrogen and oxygen atoms in total. The molecular weight excluding hydrogens is 318 g/mol. The average molecular weight is 335 g/mol. The number of sulfone groups is 1. The summed E-state index contributed by atoms with van der Waals surface area (Å²) in [6.07, 6.45) is 1.65. The normalized spacial score (nSPS) is 11.2. The molecule has 1 aromatic heterocycles. The summed E-state index contributed by atoms with van der Waals surface area (Å²) in [6, 6.07) is 10.2. The van der Waals surface area contributed by atoms with E-state index in [1.807, 2.05) is 31.2 Å². The van der Waals surface area contributed by atoms with Gasteiger partial charge >= 0.3 is 5.69 Å². The third-order valence-electron chi connectivity index (χ3n) is 3.25. The Morgan fingerprint density at radius 1 is 1.17 bits per heavy atom. The maximum Gasteiger partial charge on any atom is 0.311 e. The second-order valence-electron chi connectivity index (χ2n) is 5.21. The third-order valence-corrected chi connectivity index (χ3v) is 4.24. The minimum absolute atomic E-state index is 0.0370. The molecule has 0 aliphatic carbocycles. The van der Waals surface area contributed by atoms with Gasteiger partial charge in [0.2, 0.25) is 5.82 Å². The lowest BCUT2D eigenvalue weighted by Crippen LogP contribution is -2.11. The van der Waals surface area contributed by atoms with Crippen LogP contribution in [-0.2, 0) is 16.3 Å². The molecule has 8 heteroatoms. The number of pyridine rings is 1. The molecule has 122 valence electrons. The van der Waals surface area contributed by atoms with Crippen molar-refractivity contribution >= 4 is 21.3 Å². The Bertz CT molecular complexity index is 817. The zero-order valence-corrected chi connectivity index (χ0v) is 13.6. The van der Waals surface area contributed by atoms with Gasteiger partial charge in [0.15, 0.2) is 14.9 Å². The Morgan fingerprint density at radius 2 is 1.83 bits per heavy atom. The maximum atomic E-state index is 11.5. The first kappa shape index (κ1) is 16.9. The number of rotatable bonds is 6. The van der Waals surface area contributed by atoms with E-state index in [2.05, 4.69) is 10.3 Å². The van der Waals surface area contributed by atoms with E-state index in [0.717, 1.165) is 29.5 Å². The number of hydrogen-bond donors (Lipinski definition) is 1. The summed E-state index contributed by atoms with van der Waals surface area (Å²) in [6.45, 7) is 2.40. The van der Waals surface area contributed by atoms with Crippen LogP contribution < -0.4 is 5.32 Å². The second-order valence-corrected chi connectivity index (χ2v) is 7.17. The smallest absolute Gasteiger partial charge is 0.311 e. The molecule has 2 rings (SSSR count). The average Bonchev–Trinajstić information content (AvgIpc) is 2.48. The van der Waals surface area contributed by atoms with E-state index < -0.39 is 14.8 Å². The fourth-order valence-electron chi connectivity index (χ4n) is 2.00. The molecule has 0 bridgehead atoms. The van der Waals surface area contributed by atoms with Crippen molar-refractivity contribution in [2.45, 2.75) is 18.4 Å². The minimum atomic E-state index is -3.52. The van der Waals surface area contributed by atoms with Crippen LogP contribution in [0.1, 0.15) is 11.1 Å². The lowest BCUT2D eigenvalue weighted by Gasteiger charge is -2.08. The number of nitro groups is 1. The van der Waals surface area contributed by atoms with Crippen molar-refractivity contribution in [3.8, 4) is 0 Å². The van der Waals surface area contributed by atoms with Crippen molar-refractivity contribution in [3.05, 3.63) is 57.6 Å². The van der Waals surface area contributed by atoms with Crippen molar-refractivity contribution in [1.29, 1.82) is 0 Å². The van der Waals surface area contributed by atoms with Gasteiger partial charge in [0.25, 0.3) is 0 Å². The zero-order valence-electron chi connectivity index (χ0n) is 12.8. The number of aromatic nitrogens is 1. The van der Waals surface area contributed by atoms with E-state index in [4.69, 9.17) is 0 Å². The van der Waals surface area contributed by atoms with E-state index in [0.29, 0.717) is 13.0 Å². The summed E-state index contributed by atoms with van der Waals surface area (Å²) in [5, 5.41) is 13.7. The molecule has 23 heavy (non-hydrogen) atoms. The van der Waals surface area contributed by atoms with Gasteiger partial charge in [0.05, 0.1) is 4.92 Å². The fourth-order valence-corrected chi connectivity index (χ4v) is 2.57. The number of anilines is 1. The predicted molar refractivity (Wildman–Crippen MR) is 87.4 cm³/mol. The van der Waals surface area contributed by atoms with E-state index >= 15 is 0 Å². The molecule has 0 unspecified atom stereocenters. The molecule has 1 N–H and O–H groups in total. The van der Waals surface area contributed by atoms with Crippen molar-refractivity contribution in [2.24, 2.45) is 0 Å². The lowest BCUT2D eigenvalue weighted by atomic mass is 10.1. The van der Waals surface area contributed by atoms with Gasteiger partial charge in [0.1, 0.15) is 0 Å². The molecule has 0 aliphatic rings. The van der Waals surface area contributed by atoms with Crippen molar-refractivity contribution in [3.63, 3.8) is 0 Å². The molecule has 1 heterocycles. The standard InChI is InChI=1S/C15H17N3O4S/c1-11-3-5-12(6-4-11)9-10-16-15-13(18(19)20)7-8-14(17-15)23(2,21)22/h3-8H,9-10H2,1-2H3,(H,16,17). The van der Waals surface area contributed by atoms with Gasteiger partial charge < -0.3 is 5.32 Å². The van der Waals surface area contributed by atoms with Crippen molar-refractivity contribution in [1.82, 2.24) is 4.98 Å². The first-order valence-corrected chi connectivity index (χ1v) is 8.81. The highest BCUT2D eigenvalue weighted by atomic mass is 32.2. The highest BCUT2D eigenvalue weighted by Gasteiger charge is 2.19. The van der Waals surface area contributed by atoms with Gasteiger partial charge in [-0.05, 0) is 25.0 Å². The quantitative estimate of drug-likeness (QED) is 0.642. The monoisotopic (exact) mass is 335 g/mol. The van der Waals surface area contributed by atoms with Crippen molar-refractivity contribution in [2.75, 3.05) is 18.1 Å². The van der Waals surface area contributed by atoms with Crippen LogP contribution in [0.2, 0.25) is 0 Å². The third kappa shape index (κ3) is 4.49. The molecule has 0 fully saturated rings. The maximum absolute atomic E-state index is 11.5. The lowest BCUT2D eigenvalue weighted by molar-refractivity contribution is -0.384. The summed E-state index contributed by atoms with van der Waals surface area (Å²) in [5.74, 6) is -0.0370. The summed E-state index contributed by atoms with van der Waals surface area (Å²) >= 11 is 0. The molecule has 0 spiro atoms. The van der Waals surface area contributed by atoms with Crippen molar-refractivity contribution < 1.29 is 13.3 Å². The molecule has 0 radical (unpaired) electrons. The summed E-state index contributed by atoms with van der Waals surface area (Å²) in [7, 11) is -3.52. The Balaban J connectivity index is 2.16. The molecule has 1 aromatic carbocycles. The number of nitrogens with zero attached hydrogens (tertiary/aromatic N) is 2. The van der Waals surface area contributed by atoms with E-state index in [1.165, 1.54) is 0 Å². The van der Waals surface area contributed by atoms with Gasteiger partial charge in [0, 0.05) is 18.9 Å². The van der Waals surface area contributed by atoms with Gasteiger partial charge in [-0.1, -0.05) is 29.8 Å². The predicted octanol–water partition coefficient (Wildman–Crippen LogP) is 2.36. The fraction of sp³-hybridized carbons (Fsp3) is 0.267. The van der Waals surface area contributed by atoms with Gasteiger partial charge in [-0.2, -0.15) is 0 Å². The number of benzene rings is 1. The van der Waals surface area contributed by atoms with Crippen LogP contribution in [0.3, 0.4) is 0 Å². The van der Waals surface area contributed by atoms with Crippen LogP contribution >= 0.6 is 0 Å². The van der Waals surface area contributed by atoms with E-state index in [1.54, 1.807) is 0 Å². The Hall–Kier alpha value is -2.48.